The molecule has 0 saturated carbocycles. The molecule has 0 amide bonds. The van der Waals surface area contributed by atoms with E-state index in [4.69, 9.17) is 16.2 Å². The summed E-state index contributed by atoms with van der Waals surface area (Å²) in [6.07, 6.45) is 3.70. The van der Waals surface area contributed by atoms with Crippen LogP contribution in [0.4, 0.5) is 0 Å². The van der Waals surface area contributed by atoms with E-state index in [2.05, 4.69) is 48.3 Å². The molecule has 0 spiro atoms. The third kappa shape index (κ3) is 5.12. The molecule has 0 aliphatic carbocycles. The van der Waals surface area contributed by atoms with Gasteiger partial charge in [-0.2, -0.15) is 5.10 Å². The predicted molar refractivity (Wildman–Crippen MR) is 100 cm³/mol. The van der Waals surface area contributed by atoms with E-state index in [1.54, 1.807) is 6.21 Å². The summed E-state index contributed by atoms with van der Waals surface area (Å²) in [5, 5.41) is 7.57. The second-order valence-electron chi connectivity index (χ2n) is 5.59. The van der Waals surface area contributed by atoms with Crippen molar-refractivity contribution in [3.63, 3.8) is 0 Å². The normalized spacial score (nSPS) is 10.8. The molecule has 5 heteroatoms. The Labute approximate surface area is 143 Å². The van der Waals surface area contributed by atoms with E-state index in [-0.39, 0.29) is 5.96 Å². The highest BCUT2D eigenvalue weighted by atomic mass is 16.5. The summed E-state index contributed by atoms with van der Waals surface area (Å²) < 4.78 is 5.84. The van der Waals surface area contributed by atoms with Crippen LogP contribution >= 0.6 is 0 Å². The zero-order valence-electron chi connectivity index (χ0n) is 14.2. The molecule has 0 atom stereocenters. The zero-order valence-corrected chi connectivity index (χ0v) is 14.2. The van der Waals surface area contributed by atoms with Gasteiger partial charge in [-0.05, 0) is 36.6 Å². The first-order valence-corrected chi connectivity index (χ1v) is 8.06. The summed E-state index contributed by atoms with van der Waals surface area (Å²) >= 11 is 0. The summed E-state index contributed by atoms with van der Waals surface area (Å²) in [4.78, 5) is 0. The average molecular weight is 324 g/mol. The summed E-state index contributed by atoms with van der Waals surface area (Å²) in [5.74, 6) is 0.697. The second kappa shape index (κ2) is 8.72. The van der Waals surface area contributed by atoms with Crippen molar-refractivity contribution in [2.45, 2.75) is 26.7 Å². The third-order valence-corrected chi connectivity index (χ3v) is 3.52. The smallest absolute Gasteiger partial charge is 0.211 e. The highest BCUT2D eigenvalue weighted by molar-refractivity contribution is 5.87. The van der Waals surface area contributed by atoms with Crippen molar-refractivity contribution in [3.8, 4) is 16.9 Å². The van der Waals surface area contributed by atoms with Crippen LogP contribution in [0, 0.1) is 6.92 Å². The van der Waals surface area contributed by atoms with Gasteiger partial charge in [0.2, 0.25) is 5.96 Å². The second-order valence-corrected chi connectivity index (χ2v) is 5.59. The number of aryl methyl sites for hydroxylation is 1. The number of hydrogen-bond acceptors (Lipinski definition) is 3. The van der Waals surface area contributed by atoms with Gasteiger partial charge in [-0.1, -0.05) is 49.2 Å². The lowest BCUT2D eigenvalue weighted by atomic mass is 10.0. The summed E-state index contributed by atoms with van der Waals surface area (Å²) in [5.41, 5.74) is 14.9. The number of nitrogens with two attached hydrogens (primary N) is 2. The van der Waals surface area contributed by atoms with E-state index in [9.17, 15) is 0 Å². The number of hydrogen-bond donors (Lipinski definition) is 2. The van der Waals surface area contributed by atoms with Crippen molar-refractivity contribution in [1.29, 1.82) is 0 Å². The van der Waals surface area contributed by atoms with E-state index in [0.717, 1.165) is 35.3 Å². The van der Waals surface area contributed by atoms with Gasteiger partial charge in [0.05, 0.1) is 12.8 Å². The molecule has 0 heterocycles. The topological polar surface area (TPSA) is 86.0 Å². The monoisotopic (exact) mass is 324 g/mol. The molecular weight excluding hydrogens is 300 g/mol. The zero-order chi connectivity index (χ0) is 17.4. The van der Waals surface area contributed by atoms with E-state index in [1.807, 2.05) is 18.2 Å². The molecule has 0 aromatic heterocycles. The summed E-state index contributed by atoms with van der Waals surface area (Å²) in [6.45, 7) is 4.87. The Morgan fingerprint density at radius 3 is 2.46 bits per heavy atom. The van der Waals surface area contributed by atoms with Gasteiger partial charge in [0.15, 0.2) is 0 Å². The molecule has 0 aliphatic rings. The number of rotatable bonds is 7. The minimum atomic E-state index is -0.0746. The van der Waals surface area contributed by atoms with Crippen LogP contribution in [-0.2, 0) is 0 Å². The van der Waals surface area contributed by atoms with Gasteiger partial charge in [0.25, 0.3) is 0 Å². The van der Waals surface area contributed by atoms with Crippen LogP contribution in [-0.4, -0.2) is 18.8 Å². The summed E-state index contributed by atoms with van der Waals surface area (Å²) in [6, 6.07) is 14.4. The van der Waals surface area contributed by atoms with E-state index >= 15 is 0 Å². The van der Waals surface area contributed by atoms with Crippen LogP contribution in [0.5, 0.6) is 5.75 Å². The molecule has 0 saturated heterocycles. The highest BCUT2D eigenvalue weighted by Gasteiger charge is 2.06. The molecule has 0 aliphatic heterocycles. The van der Waals surface area contributed by atoms with Gasteiger partial charge in [0, 0.05) is 5.56 Å². The number of ether oxygens (including phenoxy) is 1. The Kier molecular flexibility index (Phi) is 6.37. The third-order valence-electron chi connectivity index (χ3n) is 3.52. The summed E-state index contributed by atoms with van der Waals surface area (Å²) in [7, 11) is 0. The molecule has 2 aromatic carbocycles. The van der Waals surface area contributed by atoms with Crippen LogP contribution in [0.3, 0.4) is 0 Å². The lowest BCUT2D eigenvalue weighted by Gasteiger charge is -2.11. The average Bonchev–Trinajstić information content (AvgIpc) is 2.56. The van der Waals surface area contributed by atoms with Crippen LogP contribution in [0.15, 0.2) is 52.7 Å². The maximum atomic E-state index is 5.84. The number of guanidine groups is 1. The standard InChI is InChI=1S/C19H24N4O/c1-3-4-11-24-18-10-9-16(15-7-5-14(2)6-8-15)12-17(18)13-22-23-19(20)21/h5-10,12-13H,3-4,11H2,1-2H3,(H4,20,21,23). The lowest BCUT2D eigenvalue weighted by Crippen LogP contribution is -2.21. The Hall–Kier alpha value is -2.82. The van der Waals surface area contributed by atoms with E-state index in [0.29, 0.717) is 6.61 Å². The maximum Gasteiger partial charge on any atom is 0.211 e. The van der Waals surface area contributed by atoms with Gasteiger partial charge in [-0.15, -0.1) is 5.10 Å². The molecule has 126 valence electrons. The quantitative estimate of drug-likeness (QED) is 0.354. The van der Waals surface area contributed by atoms with Gasteiger partial charge in [-0.25, -0.2) is 0 Å². The van der Waals surface area contributed by atoms with Crippen molar-refractivity contribution in [1.82, 2.24) is 0 Å². The Bertz CT molecular complexity index is 717. The van der Waals surface area contributed by atoms with E-state index < -0.39 is 0 Å². The first-order chi connectivity index (χ1) is 11.6. The largest absolute Gasteiger partial charge is 0.493 e. The minimum Gasteiger partial charge on any atom is -0.493 e. The fraction of sp³-hybridized carbons (Fsp3) is 0.263. The molecule has 4 N–H and O–H groups in total. The van der Waals surface area contributed by atoms with Crippen molar-refractivity contribution in [2.24, 2.45) is 21.7 Å². The predicted octanol–water partition coefficient (Wildman–Crippen LogP) is 3.45. The van der Waals surface area contributed by atoms with Crippen LogP contribution in [0.2, 0.25) is 0 Å². The van der Waals surface area contributed by atoms with Crippen LogP contribution in [0.25, 0.3) is 11.1 Å². The van der Waals surface area contributed by atoms with Crippen molar-refractivity contribution in [2.75, 3.05) is 6.61 Å². The Morgan fingerprint density at radius 1 is 1.08 bits per heavy atom. The Morgan fingerprint density at radius 2 is 1.79 bits per heavy atom. The number of nitrogens with zero attached hydrogens (tertiary/aromatic N) is 2. The van der Waals surface area contributed by atoms with Gasteiger partial charge >= 0.3 is 0 Å². The fourth-order valence-electron chi connectivity index (χ4n) is 2.19. The maximum absolute atomic E-state index is 5.84. The molecule has 0 fully saturated rings. The molecule has 0 bridgehead atoms. The minimum absolute atomic E-state index is 0.0746. The molecule has 2 aromatic rings. The lowest BCUT2D eigenvalue weighted by molar-refractivity contribution is 0.309. The molecular formula is C19H24N4O. The van der Waals surface area contributed by atoms with Gasteiger partial charge < -0.3 is 16.2 Å². The number of unbranched alkanes of at least 4 members (excludes halogenated alkanes) is 1. The molecule has 2 rings (SSSR count). The number of benzene rings is 2. The first-order valence-electron chi connectivity index (χ1n) is 8.06. The molecule has 5 nitrogen and oxygen atoms in total. The van der Waals surface area contributed by atoms with Gasteiger partial charge in [0.1, 0.15) is 5.75 Å². The Balaban J connectivity index is 2.32. The van der Waals surface area contributed by atoms with Crippen LogP contribution < -0.4 is 16.2 Å². The molecule has 24 heavy (non-hydrogen) atoms. The molecule has 0 radical (unpaired) electrons. The fourth-order valence-corrected chi connectivity index (χ4v) is 2.19. The van der Waals surface area contributed by atoms with Crippen molar-refractivity contribution in [3.05, 3.63) is 53.6 Å². The van der Waals surface area contributed by atoms with Crippen molar-refractivity contribution >= 4 is 12.2 Å². The molecule has 0 unspecified atom stereocenters. The first kappa shape index (κ1) is 17.5. The highest BCUT2D eigenvalue weighted by Crippen LogP contribution is 2.26. The van der Waals surface area contributed by atoms with Gasteiger partial charge in [-0.3, -0.25) is 0 Å². The van der Waals surface area contributed by atoms with Crippen LogP contribution in [0.1, 0.15) is 30.9 Å². The van der Waals surface area contributed by atoms with Crippen molar-refractivity contribution < 1.29 is 4.74 Å². The van der Waals surface area contributed by atoms with E-state index in [1.165, 1.54) is 5.56 Å². The SMILES string of the molecule is CCCCOc1ccc(-c2ccc(C)cc2)cc1C=NN=C(N)N.